The minimum Gasteiger partial charge on any atom is -0.481 e. The van der Waals surface area contributed by atoms with Crippen LogP contribution in [0.1, 0.15) is 19.4 Å². The summed E-state index contributed by atoms with van der Waals surface area (Å²) in [5.74, 6) is 0.213. The highest BCUT2D eigenvalue weighted by Crippen LogP contribution is 2.21. The average Bonchev–Trinajstić information content (AvgIpc) is 2.62. The number of nitrogens with one attached hydrogen (secondary N) is 1. The number of fused-ring (bicyclic) bond motifs is 1. The third-order valence-corrected chi connectivity index (χ3v) is 3.91. The van der Waals surface area contributed by atoms with Gasteiger partial charge < -0.3 is 14.5 Å². The Hall–Kier alpha value is -3.08. The highest BCUT2D eigenvalue weighted by Gasteiger charge is 2.15. The molecule has 2 aromatic carbocycles. The second-order valence-corrected chi connectivity index (χ2v) is 5.75. The van der Waals surface area contributed by atoms with Crippen LogP contribution < -0.4 is 15.7 Å². The van der Waals surface area contributed by atoms with Crippen molar-refractivity contribution in [1.29, 1.82) is 0 Å². The molecule has 5 nitrogen and oxygen atoms in total. The molecule has 3 aromatic rings. The summed E-state index contributed by atoms with van der Waals surface area (Å²) in [6.45, 7) is 3.75. The molecular weight excluding hydrogens is 318 g/mol. The Balaban J connectivity index is 1.69. The van der Waals surface area contributed by atoms with E-state index in [1.54, 1.807) is 31.2 Å². The Morgan fingerprint density at radius 2 is 1.84 bits per heavy atom. The van der Waals surface area contributed by atoms with Crippen molar-refractivity contribution in [2.45, 2.75) is 26.4 Å². The first-order chi connectivity index (χ1) is 12.0. The molecule has 0 aliphatic heterocycles. The van der Waals surface area contributed by atoms with Crippen molar-refractivity contribution in [2.75, 3.05) is 5.32 Å². The average molecular weight is 337 g/mol. The first-order valence-corrected chi connectivity index (χ1v) is 8.15. The number of benzene rings is 2. The monoisotopic (exact) mass is 337 g/mol. The van der Waals surface area contributed by atoms with Gasteiger partial charge in [-0.05, 0) is 49.2 Å². The van der Waals surface area contributed by atoms with Crippen LogP contribution in [0, 0.1) is 0 Å². The van der Waals surface area contributed by atoms with Gasteiger partial charge in [-0.25, -0.2) is 4.79 Å². The molecule has 0 fully saturated rings. The number of rotatable bonds is 5. The molecule has 0 aliphatic carbocycles. The zero-order chi connectivity index (χ0) is 17.8. The second-order valence-electron chi connectivity index (χ2n) is 5.75. The molecule has 5 heteroatoms. The number of carbonyl (C=O) groups excluding carboxylic acids is 1. The summed E-state index contributed by atoms with van der Waals surface area (Å²) < 4.78 is 10.8. The predicted molar refractivity (Wildman–Crippen MR) is 97.0 cm³/mol. The van der Waals surface area contributed by atoms with Crippen LogP contribution in [0.25, 0.3) is 11.0 Å². The molecule has 1 aromatic heterocycles. The van der Waals surface area contributed by atoms with Gasteiger partial charge in [0.05, 0.1) is 0 Å². The standard InChI is InChI=1S/C20H19NO4/c1-3-14-4-8-16(9-5-14)21-20(23)13(2)24-17-10-6-15-7-11-19(22)25-18(15)12-17/h4-13H,3H2,1-2H3,(H,21,23)/t13-/m1/s1. The van der Waals surface area contributed by atoms with Gasteiger partial charge in [-0.15, -0.1) is 0 Å². The van der Waals surface area contributed by atoms with E-state index in [9.17, 15) is 9.59 Å². The molecule has 1 amide bonds. The van der Waals surface area contributed by atoms with Gasteiger partial charge in [0, 0.05) is 23.2 Å². The molecule has 3 rings (SSSR count). The molecule has 1 heterocycles. The van der Waals surface area contributed by atoms with Crippen LogP contribution in [0.3, 0.4) is 0 Å². The van der Waals surface area contributed by atoms with E-state index >= 15 is 0 Å². The summed E-state index contributed by atoms with van der Waals surface area (Å²) in [6, 6.07) is 15.9. The third-order valence-electron chi connectivity index (χ3n) is 3.91. The summed E-state index contributed by atoms with van der Waals surface area (Å²) in [4.78, 5) is 23.6. The van der Waals surface area contributed by atoms with Crippen molar-refractivity contribution >= 4 is 22.6 Å². The van der Waals surface area contributed by atoms with Gasteiger partial charge in [0.15, 0.2) is 6.10 Å². The van der Waals surface area contributed by atoms with E-state index in [0.717, 1.165) is 17.5 Å². The summed E-state index contributed by atoms with van der Waals surface area (Å²) in [5, 5.41) is 3.61. The maximum atomic E-state index is 12.3. The molecule has 0 saturated heterocycles. The largest absolute Gasteiger partial charge is 0.481 e. The van der Waals surface area contributed by atoms with E-state index in [4.69, 9.17) is 9.15 Å². The number of hydrogen-bond acceptors (Lipinski definition) is 4. The predicted octanol–water partition coefficient (Wildman–Crippen LogP) is 3.76. The Morgan fingerprint density at radius 1 is 1.12 bits per heavy atom. The van der Waals surface area contributed by atoms with E-state index in [2.05, 4.69) is 12.2 Å². The van der Waals surface area contributed by atoms with Crippen molar-refractivity contribution in [3.05, 3.63) is 70.6 Å². The fourth-order valence-electron chi connectivity index (χ4n) is 2.44. The summed E-state index contributed by atoms with van der Waals surface area (Å²) in [5.41, 5.74) is 1.93. The third kappa shape index (κ3) is 4.07. The van der Waals surface area contributed by atoms with Crippen LogP contribution in [0.2, 0.25) is 0 Å². The number of carbonyl (C=O) groups is 1. The van der Waals surface area contributed by atoms with Crippen LogP contribution in [0.5, 0.6) is 5.75 Å². The first-order valence-electron chi connectivity index (χ1n) is 8.15. The summed E-state index contributed by atoms with van der Waals surface area (Å²) >= 11 is 0. The van der Waals surface area contributed by atoms with Gasteiger partial charge in [0.25, 0.3) is 5.91 Å². The second kappa shape index (κ2) is 7.21. The highest BCUT2D eigenvalue weighted by atomic mass is 16.5. The Kier molecular flexibility index (Phi) is 4.84. The lowest BCUT2D eigenvalue weighted by atomic mass is 10.1. The van der Waals surface area contributed by atoms with Crippen molar-refractivity contribution in [1.82, 2.24) is 0 Å². The molecule has 1 atom stereocenters. The van der Waals surface area contributed by atoms with E-state index in [1.165, 1.54) is 11.6 Å². The minimum absolute atomic E-state index is 0.251. The van der Waals surface area contributed by atoms with Gasteiger partial charge >= 0.3 is 5.63 Å². The SMILES string of the molecule is CCc1ccc(NC(=O)[C@@H](C)Oc2ccc3ccc(=O)oc3c2)cc1. The van der Waals surface area contributed by atoms with E-state index < -0.39 is 11.7 Å². The smallest absolute Gasteiger partial charge is 0.336 e. The molecule has 25 heavy (non-hydrogen) atoms. The first kappa shape index (κ1) is 16.8. The van der Waals surface area contributed by atoms with Gasteiger partial charge in [0.1, 0.15) is 11.3 Å². The molecule has 0 radical (unpaired) electrons. The molecule has 0 spiro atoms. The number of ether oxygens (including phenoxy) is 1. The molecule has 0 aliphatic rings. The number of hydrogen-bond donors (Lipinski definition) is 1. The van der Waals surface area contributed by atoms with Crippen LogP contribution in [-0.2, 0) is 11.2 Å². The quantitative estimate of drug-likeness (QED) is 0.720. The number of aryl methyl sites for hydroxylation is 1. The van der Waals surface area contributed by atoms with Crippen molar-refractivity contribution in [2.24, 2.45) is 0 Å². The molecule has 128 valence electrons. The van der Waals surface area contributed by atoms with Gasteiger partial charge in [-0.1, -0.05) is 19.1 Å². The summed E-state index contributed by atoms with van der Waals surface area (Å²) in [7, 11) is 0. The molecule has 0 saturated carbocycles. The Bertz CT molecular complexity index is 944. The Morgan fingerprint density at radius 3 is 2.56 bits per heavy atom. The van der Waals surface area contributed by atoms with Crippen molar-refractivity contribution in [3.63, 3.8) is 0 Å². The fourth-order valence-corrected chi connectivity index (χ4v) is 2.44. The maximum Gasteiger partial charge on any atom is 0.336 e. The molecule has 1 N–H and O–H groups in total. The van der Waals surface area contributed by atoms with Crippen molar-refractivity contribution < 1.29 is 13.9 Å². The number of anilines is 1. The molecular formula is C20H19NO4. The topological polar surface area (TPSA) is 68.5 Å². The fraction of sp³-hybridized carbons (Fsp3) is 0.200. The summed E-state index contributed by atoms with van der Waals surface area (Å²) in [6.07, 6.45) is 0.255. The zero-order valence-electron chi connectivity index (χ0n) is 14.1. The van der Waals surface area contributed by atoms with Crippen molar-refractivity contribution in [3.8, 4) is 5.75 Å². The highest BCUT2D eigenvalue weighted by molar-refractivity contribution is 5.94. The van der Waals surface area contributed by atoms with E-state index in [1.807, 2.05) is 24.3 Å². The van der Waals surface area contributed by atoms with Crippen LogP contribution >= 0.6 is 0 Å². The zero-order valence-corrected chi connectivity index (χ0v) is 14.1. The normalized spacial score (nSPS) is 11.9. The lowest BCUT2D eigenvalue weighted by Crippen LogP contribution is -2.30. The minimum atomic E-state index is -0.696. The molecule has 0 bridgehead atoms. The number of amides is 1. The van der Waals surface area contributed by atoms with Crippen LogP contribution in [-0.4, -0.2) is 12.0 Å². The van der Waals surface area contributed by atoms with Gasteiger partial charge in [-0.3, -0.25) is 4.79 Å². The lowest BCUT2D eigenvalue weighted by Gasteiger charge is -2.15. The maximum absolute atomic E-state index is 12.3. The van der Waals surface area contributed by atoms with Crippen LogP contribution in [0.15, 0.2) is 63.8 Å². The van der Waals surface area contributed by atoms with Crippen LogP contribution in [0.4, 0.5) is 5.69 Å². The van der Waals surface area contributed by atoms with Gasteiger partial charge in [-0.2, -0.15) is 0 Å². The van der Waals surface area contributed by atoms with E-state index in [-0.39, 0.29) is 5.91 Å². The van der Waals surface area contributed by atoms with E-state index in [0.29, 0.717) is 11.3 Å². The molecule has 0 unspecified atom stereocenters. The lowest BCUT2D eigenvalue weighted by molar-refractivity contribution is -0.122. The van der Waals surface area contributed by atoms with Gasteiger partial charge in [0.2, 0.25) is 0 Å². The Labute approximate surface area is 145 Å².